The molecule has 0 aromatic carbocycles. The van der Waals surface area contributed by atoms with Gasteiger partial charge in [0.15, 0.2) is 0 Å². The van der Waals surface area contributed by atoms with Gasteiger partial charge in [-0.2, -0.15) is 0 Å². The highest BCUT2D eigenvalue weighted by atomic mass is 16.1. The van der Waals surface area contributed by atoms with Crippen LogP contribution in [0.2, 0.25) is 0 Å². The van der Waals surface area contributed by atoms with Crippen molar-refractivity contribution in [2.24, 2.45) is 5.73 Å². The molecule has 0 unspecified atom stereocenters. The highest BCUT2D eigenvalue weighted by Gasteiger charge is 1.99. The minimum atomic E-state index is -0.193. The minimum absolute atomic E-state index is 0.193. The molecule has 0 aliphatic heterocycles. The predicted octanol–water partition coefficient (Wildman–Crippen LogP) is 1.37. The van der Waals surface area contributed by atoms with Gasteiger partial charge in [0.25, 0.3) is 0 Å². The number of amides is 1. The van der Waals surface area contributed by atoms with E-state index in [1.165, 1.54) is 19.3 Å². The quantitative estimate of drug-likeness (QED) is 0.582. The number of unbranched alkanes of at least 4 members (excludes halogenated alkanes) is 2. The molecular formula is C10H22N2O. The van der Waals surface area contributed by atoms with Gasteiger partial charge in [-0.1, -0.05) is 19.8 Å². The molecule has 0 radical (unpaired) electrons. The van der Waals surface area contributed by atoms with Gasteiger partial charge < -0.3 is 10.6 Å². The van der Waals surface area contributed by atoms with Crippen LogP contribution in [0.4, 0.5) is 0 Å². The topological polar surface area (TPSA) is 46.3 Å². The summed E-state index contributed by atoms with van der Waals surface area (Å²) >= 11 is 0. The summed E-state index contributed by atoms with van der Waals surface area (Å²) in [5.41, 5.74) is 5.04. The molecule has 0 spiro atoms. The van der Waals surface area contributed by atoms with Crippen molar-refractivity contribution in [2.75, 3.05) is 20.1 Å². The maximum absolute atomic E-state index is 10.4. The number of nitrogens with zero attached hydrogens (tertiary/aromatic N) is 1. The van der Waals surface area contributed by atoms with Crippen LogP contribution in [-0.2, 0) is 4.79 Å². The molecule has 0 rings (SSSR count). The minimum Gasteiger partial charge on any atom is -0.370 e. The first-order valence-electron chi connectivity index (χ1n) is 5.13. The Morgan fingerprint density at radius 2 is 1.85 bits per heavy atom. The summed E-state index contributed by atoms with van der Waals surface area (Å²) in [6.07, 6.45) is 5.20. The zero-order valence-corrected chi connectivity index (χ0v) is 8.88. The Kier molecular flexibility index (Phi) is 7.69. The maximum Gasteiger partial charge on any atom is 0.217 e. The first-order valence-corrected chi connectivity index (χ1v) is 5.13. The fraction of sp³-hybridized carbons (Fsp3) is 0.900. The molecule has 0 atom stereocenters. The number of nitrogens with two attached hydrogens (primary N) is 1. The van der Waals surface area contributed by atoms with Crippen LogP contribution in [-0.4, -0.2) is 30.9 Å². The lowest BCUT2D eigenvalue weighted by Crippen LogP contribution is -2.22. The van der Waals surface area contributed by atoms with Crippen LogP contribution in [0.15, 0.2) is 0 Å². The second-order valence-electron chi connectivity index (χ2n) is 3.58. The highest BCUT2D eigenvalue weighted by Crippen LogP contribution is 1.98. The van der Waals surface area contributed by atoms with Crippen LogP contribution in [0.3, 0.4) is 0 Å². The molecule has 3 heteroatoms. The average Bonchev–Trinajstić information content (AvgIpc) is 2.04. The zero-order valence-electron chi connectivity index (χ0n) is 8.88. The first kappa shape index (κ1) is 12.4. The third-order valence-electron chi connectivity index (χ3n) is 2.11. The van der Waals surface area contributed by atoms with E-state index in [2.05, 4.69) is 18.9 Å². The lowest BCUT2D eigenvalue weighted by molar-refractivity contribution is -0.118. The number of hydrogen-bond donors (Lipinski definition) is 1. The van der Waals surface area contributed by atoms with Crippen molar-refractivity contribution < 1.29 is 4.79 Å². The van der Waals surface area contributed by atoms with Gasteiger partial charge in [0.2, 0.25) is 5.91 Å². The average molecular weight is 186 g/mol. The number of rotatable bonds is 8. The van der Waals surface area contributed by atoms with E-state index in [-0.39, 0.29) is 5.91 Å². The number of carbonyl (C=O) groups excluding carboxylic acids is 1. The first-order chi connectivity index (χ1) is 6.16. The third kappa shape index (κ3) is 9.34. The predicted molar refractivity (Wildman–Crippen MR) is 55.5 cm³/mol. The fourth-order valence-corrected chi connectivity index (χ4v) is 1.27. The van der Waals surface area contributed by atoms with E-state index in [4.69, 9.17) is 5.73 Å². The lowest BCUT2D eigenvalue weighted by atomic mass is 10.2. The molecule has 0 fully saturated rings. The number of carbonyl (C=O) groups is 1. The molecule has 13 heavy (non-hydrogen) atoms. The van der Waals surface area contributed by atoms with Gasteiger partial charge in [0.05, 0.1) is 0 Å². The molecule has 0 bridgehead atoms. The van der Waals surface area contributed by atoms with Gasteiger partial charge in [-0.15, -0.1) is 0 Å². The van der Waals surface area contributed by atoms with Crippen molar-refractivity contribution in [3.8, 4) is 0 Å². The van der Waals surface area contributed by atoms with Crippen LogP contribution in [0, 0.1) is 0 Å². The van der Waals surface area contributed by atoms with E-state index in [1.54, 1.807) is 0 Å². The van der Waals surface area contributed by atoms with E-state index in [0.717, 1.165) is 19.5 Å². The van der Waals surface area contributed by atoms with Crippen LogP contribution < -0.4 is 5.73 Å². The van der Waals surface area contributed by atoms with E-state index < -0.39 is 0 Å². The Balaban J connectivity index is 3.19. The highest BCUT2D eigenvalue weighted by molar-refractivity contribution is 5.73. The summed E-state index contributed by atoms with van der Waals surface area (Å²) in [6.45, 7) is 4.31. The van der Waals surface area contributed by atoms with Gasteiger partial charge in [0.1, 0.15) is 0 Å². The van der Waals surface area contributed by atoms with Crippen molar-refractivity contribution in [1.82, 2.24) is 4.90 Å². The van der Waals surface area contributed by atoms with E-state index in [0.29, 0.717) is 6.42 Å². The monoisotopic (exact) mass is 186 g/mol. The molecular weight excluding hydrogens is 164 g/mol. The van der Waals surface area contributed by atoms with Gasteiger partial charge in [-0.25, -0.2) is 0 Å². The molecule has 1 amide bonds. The van der Waals surface area contributed by atoms with Crippen LogP contribution in [0.5, 0.6) is 0 Å². The van der Waals surface area contributed by atoms with Crippen LogP contribution in [0.1, 0.15) is 39.0 Å². The summed E-state index contributed by atoms with van der Waals surface area (Å²) in [4.78, 5) is 12.7. The largest absolute Gasteiger partial charge is 0.370 e. The molecule has 0 saturated carbocycles. The Morgan fingerprint density at radius 1 is 1.23 bits per heavy atom. The number of hydrogen-bond acceptors (Lipinski definition) is 2. The second kappa shape index (κ2) is 8.05. The van der Waals surface area contributed by atoms with Crippen molar-refractivity contribution in [3.05, 3.63) is 0 Å². The van der Waals surface area contributed by atoms with Crippen molar-refractivity contribution >= 4 is 5.91 Å². The smallest absolute Gasteiger partial charge is 0.217 e. The number of primary amides is 1. The second-order valence-corrected chi connectivity index (χ2v) is 3.58. The van der Waals surface area contributed by atoms with Gasteiger partial charge in [-0.3, -0.25) is 4.79 Å². The normalized spacial score (nSPS) is 10.7. The Hall–Kier alpha value is -0.570. The molecule has 78 valence electrons. The van der Waals surface area contributed by atoms with Gasteiger partial charge in [-0.05, 0) is 33.0 Å². The summed E-state index contributed by atoms with van der Waals surface area (Å²) in [7, 11) is 2.09. The molecule has 3 nitrogen and oxygen atoms in total. The third-order valence-corrected chi connectivity index (χ3v) is 2.11. The van der Waals surface area contributed by atoms with Gasteiger partial charge >= 0.3 is 0 Å². The molecule has 0 aliphatic carbocycles. The Morgan fingerprint density at radius 3 is 2.38 bits per heavy atom. The summed E-state index contributed by atoms with van der Waals surface area (Å²) in [5.74, 6) is -0.193. The zero-order chi connectivity index (χ0) is 10.1. The van der Waals surface area contributed by atoms with Crippen molar-refractivity contribution in [3.63, 3.8) is 0 Å². The summed E-state index contributed by atoms with van der Waals surface area (Å²) in [6, 6.07) is 0. The van der Waals surface area contributed by atoms with Crippen LogP contribution in [0.25, 0.3) is 0 Å². The fourth-order valence-electron chi connectivity index (χ4n) is 1.27. The van der Waals surface area contributed by atoms with Crippen molar-refractivity contribution in [1.29, 1.82) is 0 Å². The van der Waals surface area contributed by atoms with Gasteiger partial charge in [0, 0.05) is 6.42 Å². The van der Waals surface area contributed by atoms with E-state index in [9.17, 15) is 4.79 Å². The molecule has 0 aromatic heterocycles. The van der Waals surface area contributed by atoms with E-state index in [1.807, 2.05) is 0 Å². The Labute approximate surface area is 81.3 Å². The molecule has 0 aliphatic rings. The molecule has 0 heterocycles. The molecule has 2 N–H and O–H groups in total. The Bertz CT molecular complexity index is 137. The summed E-state index contributed by atoms with van der Waals surface area (Å²) < 4.78 is 0. The standard InChI is InChI=1S/C10H22N2O/c1-3-4-5-8-12(2)9-6-7-10(11)13/h3-9H2,1-2H3,(H2,11,13). The lowest BCUT2D eigenvalue weighted by Gasteiger charge is -2.15. The maximum atomic E-state index is 10.4. The molecule has 0 aromatic rings. The van der Waals surface area contributed by atoms with Crippen molar-refractivity contribution in [2.45, 2.75) is 39.0 Å². The van der Waals surface area contributed by atoms with Crippen LogP contribution >= 0.6 is 0 Å². The SMILES string of the molecule is CCCCCN(C)CCCC(N)=O. The summed E-state index contributed by atoms with van der Waals surface area (Å²) in [5, 5.41) is 0. The molecule has 0 saturated heterocycles. The van der Waals surface area contributed by atoms with E-state index >= 15 is 0 Å².